The van der Waals surface area contributed by atoms with Crippen LogP contribution in [0.5, 0.6) is 11.5 Å². The number of carbonyl (C=O) groups excluding carboxylic acids is 4. The number of pyridine rings is 1. The van der Waals surface area contributed by atoms with Crippen molar-refractivity contribution in [3.05, 3.63) is 54.2 Å². The zero-order valence-electron chi connectivity index (χ0n) is 26.9. The zero-order chi connectivity index (χ0) is 35.1. The number of hydrogen-bond acceptors (Lipinski definition) is 9. The molecule has 1 aliphatic rings. The fourth-order valence-electron chi connectivity index (χ4n) is 4.93. The van der Waals surface area contributed by atoms with Crippen LogP contribution in [0.2, 0.25) is 0 Å². The average molecular weight is 667 g/mol. The summed E-state index contributed by atoms with van der Waals surface area (Å²) in [6, 6.07) is 12.3. The van der Waals surface area contributed by atoms with Gasteiger partial charge < -0.3 is 35.1 Å². The number of amides is 4. The number of nitrogens with zero attached hydrogens (tertiary/aromatic N) is 3. The number of likely N-dealkylation sites (tertiary alicyclic amines) is 1. The number of rotatable bonds is 11. The van der Waals surface area contributed by atoms with E-state index in [2.05, 4.69) is 20.9 Å². The molecule has 3 aromatic rings. The Morgan fingerprint density at radius 2 is 1.83 bits per heavy atom. The third-order valence-corrected chi connectivity index (χ3v) is 7.10. The van der Waals surface area contributed by atoms with Gasteiger partial charge in [0.25, 0.3) is 11.8 Å². The molecule has 254 valence electrons. The number of ether oxygens (including phenoxy) is 3. The first-order valence-corrected chi connectivity index (χ1v) is 15.0. The second-order valence-corrected chi connectivity index (χ2v) is 11.9. The molecule has 1 saturated heterocycles. The maximum absolute atomic E-state index is 13.8. The Hall–Kier alpha value is -5.52. The Morgan fingerprint density at radius 3 is 2.54 bits per heavy atom. The van der Waals surface area contributed by atoms with Gasteiger partial charge in [-0.3, -0.25) is 19.4 Å². The van der Waals surface area contributed by atoms with E-state index in [1.54, 1.807) is 63.2 Å². The number of fused-ring (bicyclic) bond motifs is 1. The van der Waals surface area contributed by atoms with Gasteiger partial charge in [0.05, 0.1) is 50.4 Å². The highest BCUT2D eigenvalue weighted by Crippen LogP contribution is 2.35. The van der Waals surface area contributed by atoms with Crippen LogP contribution in [0, 0.1) is 11.3 Å². The van der Waals surface area contributed by atoms with Crippen LogP contribution in [0.1, 0.15) is 37.6 Å². The number of nitrogens with one attached hydrogen (secondary N) is 3. The standard InChI is InChI=1S/C33H36F2N6O7/c1-32(2,3)48-31(45)40-17-28(42)38-11-12-47-27-14-22(46-4)6-7-23(27)20-5-8-26-25(13-20)24(9-10-37-26)30(44)39-18-29(43)41-19-33(34,35)15-21(41)16-36/h5-10,13-14,21H,11-12,15,17-19H2,1-4H3,(H,38,42)(H,39,44)(H,40,45)/t21-/m0/s1. The van der Waals surface area contributed by atoms with Crippen LogP contribution in [0.25, 0.3) is 22.0 Å². The molecule has 0 unspecified atom stereocenters. The fraction of sp³-hybridized carbons (Fsp3) is 0.394. The lowest BCUT2D eigenvalue weighted by atomic mass is 9.99. The quantitative estimate of drug-likeness (QED) is 0.259. The van der Waals surface area contributed by atoms with Crippen molar-refractivity contribution in [3.63, 3.8) is 0 Å². The molecule has 0 saturated carbocycles. The molecule has 0 bridgehead atoms. The van der Waals surface area contributed by atoms with Gasteiger partial charge in [-0.05, 0) is 56.7 Å². The lowest BCUT2D eigenvalue weighted by Gasteiger charge is -2.19. The van der Waals surface area contributed by atoms with Gasteiger partial charge in [0.1, 0.15) is 29.7 Å². The normalized spacial score (nSPS) is 15.3. The molecule has 15 heteroatoms. The van der Waals surface area contributed by atoms with Gasteiger partial charge in [-0.15, -0.1) is 0 Å². The summed E-state index contributed by atoms with van der Waals surface area (Å²) in [7, 11) is 1.50. The van der Waals surface area contributed by atoms with Gasteiger partial charge in [0.15, 0.2) is 0 Å². The van der Waals surface area contributed by atoms with Crippen molar-refractivity contribution in [1.29, 1.82) is 5.26 Å². The van der Waals surface area contributed by atoms with Gasteiger partial charge in [0.2, 0.25) is 11.8 Å². The zero-order valence-corrected chi connectivity index (χ0v) is 26.9. The topological polar surface area (TPSA) is 172 Å². The molecule has 2 aromatic carbocycles. The minimum absolute atomic E-state index is 0.0742. The van der Waals surface area contributed by atoms with Crippen LogP contribution >= 0.6 is 0 Å². The number of halogens is 2. The summed E-state index contributed by atoms with van der Waals surface area (Å²) in [6.07, 6.45) is -0.0251. The van der Waals surface area contributed by atoms with E-state index in [1.165, 1.54) is 19.4 Å². The number of carbonyl (C=O) groups is 4. The molecule has 1 fully saturated rings. The predicted octanol–water partition coefficient (Wildman–Crippen LogP) is 3.42. The van der Waals surface area contributed by atoms with Crippen LogP contribution in [0.4, 0.5) is 13.6 Å². The predicted molar refractivity (Wildman–Crippen MR) is 169 cm³/mol. The SMILES string of the molecule is COc1ccc(-c2ccc3nccc(C(=O)NCC(=O)N4CC(F)(F)C[C@H]4C#N)c3c2)c(OCCNC(=O)CNC(=O)OC(C)(C)C)c1. The number of benzene rings is 2. The summed E-state index contributed by atoms with van der Waals surface area (Å²) in [5.41, 5.74) is 1.27. The van der Waals surface area contributed by atoms with Crippen molar-refractivity contribution in [3.8, 4) is 28.7 Å². The van der Waals surface area contributed by atoms with Gasteiger partial charge >= 0.3 is 6.09 Å². The van der Waals surface area contributed by atoms with Crippen molar-refractivity contribution in [2.45, 2.75) is 44.8 Å². The number of alkyl halides is 2. The molecule has 4 amide bonds. The number of methoxy groups -OCH3 is 1. The summed E-state index contributed by atoms with van der Waals surface area (Å²) in [6.45, 7) is 3.61. The van der Waals surface area contributed by atoms with E-state index < -0.39 is 60.9 Å². The minimum Gasteiger partial charge on any atom is -0.497 e. The summed E-state index contributed by atoms with van der Waals surface area (Å²) < 4.78 is 44.1. The molecule has 0 radical (unpaired) electrons. The summed E-state index contributed by atoms with van der Waals surface area (Å²) >= 11 is 0. The van der Waals surface area contributed by atoms with Crippen molar-refractivity contribution in [1.82, 2.24) is 25.8 Å². The first-order valence-electron chi connectivity index (χ1n) is 15.0. The van der Waals surface area contributed by atoms with Crippen molar-refractivity contribution in [2.75, 3.05) is 39.9 Å². The first-order chi connectivity index (χ1) is 22.7. The second-order valence-electron chi connectivity index (χ2n) is 11.9. The number of alkyl carbamates (subject to hydrolysis) is 1. The number of aromatic nitrogens is 1. The summed E-state index contributed by atoms with van der Waals surface area (Å²) in [5, 5.41) is 17.1. The molecule has 0 spiro atoms. The van der Waals surface area contributed by atoms with E-state index in [4.69, 9.17) is 14.2 Å². The Bertz CT molecular complexity index is 1740. The van der Waals surface area contributed by atoms with Crippen LogP contribution in [0.15, 0.2) is 48.7 Å². The van der Waals surface area contributed by atoms with Crippen molar-refractivity contribution < 1.29 is 42.2 Å². The highest BCUT2D eigenvalue weighted by Gasteiger charge is 2.47. The van der Waals surface area contributed by atoms with Crippen LogP contribution in [-0.2, 0) is 14.3 Å². The lowest BCUT2D eigenvalue weighted by molar-refractivity contribution is -0.131. The van der Waals surface area contributed by atoms with E-state index in [1.807, 2.05) is 0 Å². The van der Waals surface area contributed by atoms with E-state index in [0.29, 0.717) is 33.5 Å². The van der Waals surface area contributed by atoms with Crippen LogP contribution in [-0.4, -0.2) is 91.2 Å². The molecular formula is C33H36F2N6O7. The molecule has 1 atom stereocenters. The largest absolute Gasteiger partial charge is 0.497 e. The van der Waals surface area contributed by atoms with Gasteiger partial charge in [-0.25, -0.2) is 13.6 Å². The maximum atomic E-state index is 13.8. The third kappa shape index (κ3) is 9.27. The number of hydrogen-bond donors (Lipinski definition) is 3. The summed E-state index contributed by atoms with van der Waals surface area (Å²) in [4.78, 5) is 54.9. The molecule has 2 heterocycles. The molecule has 13 nitrogen and oxygen atoms in total. The molecule has 3 N–H and O–H groups in total. The lowest BCUT2D eigenvalue weighted by Crippen LogP contribution is -2.43. The Kier molecular flexibility index (Phi) is 11.0. The smallest absolute Gasteiger partial charge is 0.408 e. The highest BCUT2D eigenvalue weighted by molar-refractivity contribution is 6.07. The molecular weight excluding hydrogens is 630 g/mol. The third-order valence-electron chi connectivity index (χ3n) is 7.10. The maximum Gasteiger partial charge on any atom is 0.408 e. The van der Waals surface area contributed by atoms with Crippen LogP contribution < -0.4 is 25.4 Å². The van der Waals surface area contributed by atoms with E-state index in [9.17, 15) is 33.2 Å². The average Bonchev–Trinajstić information content (AvgIpc) is 3.37. The first kappa shape index (κ1) is 35.3. The van der Waals surface area contributed by atoms with Gasteiger partial charge in [0, 0.05) is 29.6 Å². The van der Waals surface area contributed by atoms with E-state index in [0.717, 1.165) is 4.90 Å². The fourth-order valence-corrected chi connectivity index (χ4v) is 4.93. The molecule has 1 aliphatic heterocycles. The van der Waals surface area contributed by atoms with Crippen molar-refractivity contribution in [2.24, 2.45) is 0 Å². The van der Waals surface area contributed by atoms with E-state index >= 15 is 0 Å². The van der Waals surface area contributed by atoms with Gasteiger partial charge in [-0.1, -0.05) is 6.07 Å². The van der Waals surface area contributed by atoms with Crippen molar-refractivity contribution >= 4 is 34.7 Å². The Balaban J connectivity index is 1.44. The van der Waals surface area contributed by atoms with E-state index in [-0.39, 0.29) is 25.3 Å². The second kappa shape index (κ2) is 14.9. The number of nitriles is 1. The molecule has 4 rings (SSSR count). The molecule has 1 aromatic heterocycles. The molecule has 0 aliphatic carbocycles. The molecule has 48 heavy (non-hydrogen) atoms. The van der Waals surface area contributed by atoms with Crippen LogP contribution in [0.3, 0.4) is 0 Å². The minimum atomic E-state index is -3.17. The summed E-state index contributed by atoms with van der Waals surface area (Å²) in [5.74, 6) is -4.09. The van der Waals surface area contributed by atoms with Gasteiger partial charge in [-0.2, -0.15) is 5.26 Å². The highest BCUT2D eigenvalue weighted by atomic mass is 19.3. The Labute approximate surface area is 275 Å². The monoisotopic (exact) mass is 666 g/mol. The Morgan fingerprint density at radius 1 is 1.06 bits per heavy atom.